The molecule has 1 unspecified atom stereocenters. The zero-order chi connectivity index (χ0) is 21.5. The van der Waals surface area contributed by atoms with Crippen molar-refractivity contribution in [1.82, 2.24) is 29.8 Å². The quantitative estimate of drug-likeness (QED) is 0.420. The molecule has 4 aromatic rings. The number of thiophene rings is 1. The average Bonchev–Trinajstić information content (AvgIpc) is 3.47. The van der Waals surface area contributed by atoms with E-state index in [2.05, 4.69) is 39.6 Å². The number of amides is 1. The maximum atomic E-state index is 12.4. The third-order valence-corrected chi connectivity index (χ3v) is 8.56. The van der Waals surface area contributed by atoms with Gasteiger partial charge in [0.1, 0.15) is 15.7 Å². The van der Waals surface area contributed by atoms with Gasteiger partial charge in [-0.25, -0.2) is 4.98 Å². The minimum absolute atomic E-state index is 0.130. The summed E-state index contributed by atoms with van der Waals surface area (Å²) in [5.74, 6) is 1.74. The van der Waals surface area contributed by atoms with E-state index >= 15 is 0 Å². The molecule has 0 radical (unpaired) electrons. The number of hydrogen-bond acceptors (Lipinski definition) is 9. The second-order valence-electron chi connectivity index (χ2n) is 7.75. The summed E-state index contributed by atoms with van der Waals surface area (Å²) in [6, 6.07) is 0. The smallest absolute Gasteiger partial charge is 0.236 e. The minimum Gasteiger partial charge on any atom is -0.300 e. The molecule has 0 fully saturated rings. The first-order chi connectivity index (χ1) is 15.1. The van der Waals surface area contributed by atoms with E-state index in [1.165, 1.54) is 40.0 Å². The molecule has 1 amide bonds. The van der Waals surface area contributed by atoms with Crippen LogP contribution in [0.5, 0.6) is 0 Å². The average molecular weight is 474 g/mol. The van der Waals surface area contributed by atoms with Gasteiger partial charge in [0.2, 0.25) is 11.0 Å². The molecule has 0 saturated carbocycles. The monoisotopic (exact) mass is 473 g/mol. The molecule has 1 aliphatic carbocycles. The first-order valence-corrected chi connectivity index (χ1v) is 13.1. The Labute approximate surface area is 191 Å². The van der Waals surface area contributed by atoms with Crippen molar-refractivity contribution in [2.75, 3.05) is 11.1 Å². The first-order valence-electron chi connectivity index (χ1n) is 10.5. The van der Waals surface area contributed by atoms with E-state index in [9.17, 15) is 4.79 Å². The second-order valence-corrected chi connectivity index (χ2v) is 10.8. The number of nitrogens with one attached hydrogen (secondary N) is 1. The van der Waals surface area contributed by atoms with Crippen molar-refractivity contribution in [3.63, 3.8) is 0 Å². The SMILES string of the molecule is CCc1nnc(NC(=O)CSc2nnc3c4c5c(sc4nc(CC)n23)CC(C)CC5)s1. The highest BCUT2D eigenvalue weighted by Crippen LogP contribution is 2.39. The molecule has 0 aromatic carbocycles. The van der Waals surface area contributed by atoms with Crippen LogP contribution in [0.3, 0.4) is 0 Å². The zero-order valence-corrected chi connectivity index (χ0v) is 20.1. The Balaban J connectivity index is 1.44. The Hall–Kier alpha value is -2.11. The van der Waals surface area contributed by atoms with E-state index in [-0.39, 0.29) is 11.7 Å². The lowest BCUT2D eigenvalue weighted by Crippen LogP contribution is -2.14. The predicted molar refractivity (Wildman–Crippen MR) is 125 cm³/mol. The molecule has 162 valence electrons. The molecule has 1 atom stereocenters. The molecular formula is C20H23N7OS3. The fourth-order valence-corrected chi connectivity index (χ4v) is 6.78. The van der Waals surface area contributed by atoms with Crippen LogP contribution in [0.25, 0.3) is 15.9 Å². The van der Waals surface area contributed by atoms with E-state index in [1.807, 2.05) is 11.3 Å². The van der Waals surface area contributed by atoms with Crippen molar-refractivity contribution in [1.29, 1.82) is 0 Å². The van der Waals surface area contributed by atoms with Crippen LogP contribution in [-0.2, 0) is 30.5 Å². The number of fused-ring (bicyclic) bond motifs is 5. The van der Waals surface area contributed by atoms with Gasteiger partial charge in [-0.2, -0.15) is 0 Å². The van der Waals surface area contributed by atoms with Crippen molar-refractivity contribution in [3.05, 3.63) is 21.3 Å². The van der Waals surface area contributed by atoms with Crippen molar-refractivity contribution in [3.8, 4) is 0 Å². The lowest BCUT2D eigenvalue weighted by Gasteiger charge is -2.17. The van der Waals surface area contributed by atoms with Gasteiger partial charge < -0.3 is 0 Å². The van der Waals surface area contributed by atoms with E-state index in [4.69, 9.17) is 4.98 Å². The standard InChI is InChI=1S/C20H23N7OS3/c1-4-13-21-18-16(11-7-6-10(3)8-12(11)30-18)17-24-26-20(27(13)17)29-9-14(28)22-19-25-23-15(5-2)31-19/h10H,4-9H2,1-3H3,(H,22,25,28). The van der Waals surface area contributed by atoms with Gasteiger partial charge in [-0.3, -0.25) is 14.5 Å². The number of nitrogens with zero attached hydrogens (tertiary/aromatic N) is 6. The molecular weight excluding hydrogens is 450 g/mol. The van der Waals surface area contributed by atoms with Gasteiger partial charge in [0.25, 0.3) is 0 Å². The fourth-order valence-electron chi connectivity index (χ4n) is 3.94. The highest BCUT2D eigenvalue weighted by atomic mass is 32.2. The first kappa shape index (κ1) is 20.8. The van der Waals surface area contributed by atoms with Gasteiger partial charge in [-0.05, 0) is 37.2 Å². The van der Waals surface area contributed by atoms with E-state index in [1.54, 1.807) is 11.3 Å². The lowest BCUT2D eigenvalue weighted by atomic mass is 9.89. The topological polar surface area (TPSA) is 98.0 Å². The molecule has 11 heteroatoms. The number of carbonyl (C=O) groups is 1. The zero-order valence-electron chi connectivity index (χ0n) is 17.6. The summed E-state index contributed by atoms with van der Waals surface area (Å²) >= 11 is 4.58. The molecule has 8 nitrogen and oxygen atoms in total. The summed E-state index contributed by atoms with van der Waals surface area (Å²) in [4.78, 5) is 19.9. The maximum absolute atomic E-state index is 12.4. The van der Waals surface area contributed by atoms with Crippen LogP contribution in [0, 0.1) is 5.92 Å². The Morgan fingerprint density at radius 1 is 1.19 bits per heavy atom. The van der Waals surface area contributed by atoms with E-state index in [0.29, 0.717) is 16.2 Å². The highest BCUT2D eigenvalue weighted by molar-refractivity contribution is 7.99. The number of carbonyl (C=O) groups excluding carboxylic acids is 1. The van der Waals surface area contributed by atoms with E-state index in [0.717, 1.165) is 52.4 Å². The van der Waals surface area contributed by atoms with Gasteiger partial charge in [0, 0.05) is 11.3 Å². The molecule has 0 saturated heterocycles. The molecule has 5 rings (SSSR count). The molecule has 1 N–H and O–H groups in total. The Morgan fingerprint density at radius 3 is 2.84 bits per heavy atom. The molecule has 0 aliphatic heterocycles. The summed E-state index contributed by atoms with van der Waals surface area (Å²) in [5, 5.41) is 23.1. The largest absolute Gasteiger partial charge is 0.300 e. The van der Waals surface area contributed by atoms with Gasteiger partial charge in [0.15, 0.2) is 10.8 Å². The lowest BCUT2D eigenvalue weighted by molar-refractivity contribution is -0.113. The molecule has 4 heterocycles. The van der Waals surface area contributed by atoms with Crippen LogP contribution in [0.2, 0.25) is 0 Å². The van der Waals surface area contributed by atoms with Gasteiger partial charge in [-0.15, -0.1) is 31.7 Å². The van der Waals surface area contributed by atoms with Crippen molar-refractivity contribution >= 4 is 61.3 Å². The van der Waals surface area contributed by atoms with Crippen molar-refractivity contribution in [2.24, 2.45) is 5.92 Å². The molecule has 31 heavy (non-hydrogen) atoms. The summed E-state index contributed by atoms with van der Waals surface area (Å²) in [5.41, 5.74) is 2.26. The number of aromatic nitrogens is 6. The third kappa shape index (κ3) is 3.83. The number of rotatable bonds is 6. The summed E-state index contributed by atoms with van der Waals surface area (Å²) in [6.07, 6.45) is 4.96. The predicted octanol–water partition coefficient (Wildman–Crippen LogP) is 4.17. The number of thioether (sulfide) groups is 1. The van der Waals surface area contributed by atoms with Gasteiger partial charge >= 0.3 is 0 Å². The van der Waals surface area contributed by atoms with Crippen molar-refractivity contribution in [2.45, 2.75) is 58.0 Å². The van der Waals surface area contributed by atoms with Gasteiger partial charge in [-0.1, -0.05) is 43.9 Å². The summed E-state index contributed by atoms with van der Waals surface area (Å²) in [6.45, 7) is 6.42. The van der Waals surface area contributed by atoms with Crippen LogP contribution in [0.15, 0.2) is 5.16 Å². The Bertz CT molecular complexity index is 1280. The maximum Gasteiger partial charge on any atom is 0.236 e. The normalized spacial score (nSPS) is 16.2. The Morgan fingerprint density at radius 2 is 2.06 bits per heavy atom. The van der Waals surface area contributed by atoms with Crippen LogP contribution >= 0.6 is 34.4 Å². The highest BCUT2D eigenvalue weighted by Gasteiger charge is 2.25. The van der Waals surface area contributed by atoms with Crippen LogP contribution < -0.4 is 5.32 Å². The van der Waals surface area contributed by atoms with E-state index < -0.39 is 0 Å². The number of anilines is 1. The van der Waals surface area contributed by atoms with Crippen LogP contribution in [0.4, 0.5) is 5.13 Å². The molecule has 1 aliphatic rings. The fraction of sp³-hybridized carbons (Fsp3) is 0.500. The third-order valence-electron chi connectivity index (χ3n) is 5.50. The second kappa shape index (κ2) is 8.44. The molecule has 4 aromatic heterocycles. The summed E-state index contributed by atoms with van der Waals surface area (Å²) in [7, 11) is 0. The van der Waals surface area contributed by atoms with Crippen molar-refractivity contribution < 1.29 is 4.79 Å². The number of hydrogen-bond donors (Lipinski definition) is 1. The van der Waals surface area contributed by atoms with Gasteiger partial charge in [0.05, 0.1) is 11.1 Å². The number of aryl methyl sites for hydroxylation is 3. The Kier molecular flexibility index (Phi) is 5.65. The molecule has 0 bridgehead atoms. The molecule has 0 spiro atoms. The minimum atomic E-state index is -0.130. The van der Waals surface area contributed by atoms with Crippen LogP contribution in [0.1, 0.15) is 48.5 Å². The summed E-state index contributed by atoms with van der Waals surface area (Å²) < 4.78 is 2.03. The van der Waals surface area contributed by atoms with Crippen LogP contribution in [-0.4, -0.2) is 41.4 Å².